The molecule has 2 aromatic rings. The molecule has 0 aliphatic rings. The molecule has 0 fully saturated rings. The number of hydrogen-bond acceptors (Lipinski definition) is 4. The van der Waals surface area contributed by atoms with Crippen LogP contribution in [0.25, 0.3) is 0 Å². The number of rotatable bonds is 4. The second-order valence-corrected chi connectivity index (χ2v) is 10.3. The lowest BCUT2D eigenvalue weighted by Crippen LogP contribution is -2.56. The summed E-state index contributed by atoms with van der Waals surface area (Å²) in [5.41, 5.74) is 10.3. The summed E-state index contributed by atoms with van der Waals surface area (Å²) in [5.74, 6) is 1.19. The molecule has 6 heteroatoms. The molecule has 0 aromatic heterocycles. The number of hydrazone groups is 1. The number of amidine groups is 1. The third kappa shape index (κ3) is 6.49. The van der Waals surface area contributed by atoms with Gasteiger partial charge in [0.05, 0.1) is 12.6 Å². The van der Waals surface area contributed by atoms with Crippen LogP contribution in [0.5, 0.6) is 5.75 Å². The standard InChI is InChI=1S/C26H38N4O2/c1-17-14-18(2)16-20(15-17)24(31)30(26(7,8)9)28-23(27-29-25(4,5)6)21-12-11-13-22(32-10)19(21)3/h11-16,29H,1-10H3,(H,27,28). The fourth-order valence-electron chi connectivity index (χ4n) is 3.32. The van der Waals surface area contributed by atoms with Gasteiger partial charge in [-0.2, -0.15) is 5.10 Å². The second kappa shape index (κ2) is 9.63. The molecule has 0 heterocycles. The van der Waals surface area contributed by atoms with Crippen molar-refractivity contribution in [2.24, 2.45) is 5.10 Å². The van der Waals surface area contributed by atoms with E-state index >= 15 is 0 Å². The van der Waals surface area contributed by atoms with Crippen LogP contribution in [0.15, 0.2) is 41.5 Å². The molecule has 2 N–H and O–H groups in total. The average Bonchev–Trinajstić information content (AvgIpc) is 2.65. The highest BCUT2D eigenvalue weighted by Gasteiger charge is 2.30. The van der Waals surface area contributed by atoms with Gasteiger partial charge >= 0.3 is 0 Å². The Balaban J connectivity index is 2.57. The van der Waals surface area contributed by atoms with Gasteiger partial charge in [-0.05, 0) is 80.5 Å². The van der Waals surface area contributed by atoms with E-state index in [9.17, 15) is 4.79 Å². The van der Waals surface area contributed by atoms with E-state index in [1.807, 2.05) is 92.6 Å². The lowest BCUT2D eigenvalue weighted by Gasteiger charge is -2.37. The number of hydrazine groups is 1. The first-order valence-corrected chi connectivity index (χ1v) is 10.9. The largest absolute Gasteiger partial charge is 0.496 e. The minimum Gasteiger partial charge on any atom is -0.496 e. The summed E-state index contributed by atoms with van der Waals surface area (Å²) in [7, 11) is 1.65. The van der Waals surface area contributed by atoms with E-state index in [0.29, 0.717) is 11.4 Å². The third-order valence-corrected chi connectivity index (χ3v) is 4.82. The number of hydrogen-bond donors (Lipinski definition) is 2. The van der Waals surface area contributed by atoms with E-state index in [-0.39, 0.29) is 11.4 Å². The number of methoxy groups -OCH3 is 1. The number of carbonyl (C=O) groups is 1. The summed E-state index contributed by atoms with van der Waals surface area (Å²) < 4.78 is 5.51. The third-order valence-electron chi connectivity index (χ3n) is 4.82. The van der Waals surface area contributed by atoms with Crippen LogP contribution >= 0.6 is 0 Å². The van der Waals surface area contributed by atoms with Gasteiger partial charge in [0.1, 0.15) is 5.75 Å². The lowest BCUT2D eigenvalue weighted by molar-refractivity contribution is 0.0496. The first-order valence-electron chi connectivity index (χ1n) is 10.9. The molecule has 0 bridgehead atoms. The highest BCUT2D eigenvalue weighted by molar-refractivity contribution is 6.03. The van der Waals surface area contributed by atoms with Crippen LogP contribution < -0.4 is 15.6 Å². The first kappa shape index (κ1) is 25.2. The first-order chi connectivity index (χ1) is 14.7. The predicted octanol–water partition coefficient (Wildman–Crippen LogP) is 5.12. The van der Waals surface area contributed by atoms with E-state index in [4.69, 9.17) is 4.74 Å². The zero-order valence-electron chi connectivity index (χ0n) is 21.2. The van der Waals surface area contributed by atoms with Crippen LogP contribution in [-0.2, 0) is 0 Å². The molecule has 0 aliphatic heterocycles. The van der Waals surface area contributed by atoms with Gasteiger partial charge in [-0.1, -0.05) is 29.3 Å². The zero-order chi connectivity index (χ0) is 24.3. The fraction of sp³-hybridized carbons (Fsp3) is 0.462. The van der Waals surface area contributed by atoms with Crippen LogP contribution in [0.4, 0.5) is 0 Å². The van der Waals surface area contributed by atoms with Gasteiger partial charge in [0.25, 0.3) is 5.91 Å². The SMILES string of the molecule is COc1cccc(C(=NNC(C)(C)C)NN(C(=O)c2cc(C)cc(C)c2)C(C)(C)C)c1C. The van der Waals surface area contributed by atoms with Crippen molar-refractivity contribution in [1.29, 1.82) is 0 Å². The molecule has 6 nitrogen and oxygen atoms in total. The normalized spacial score (nSPS) is 12.4. The Hall–Kier alpha value is -3.02. The number of aryl methyl sites for hydroxylation is 2. The number of ether oxygens (including phenoxy) is 1. The van der Waals surface area contributed by atoms with Crippen LogP contribution in [0.3, 0.4) is 0 Å². The maximum atomic E-state index is 13.6. The van der Waals surface area contributed by atoms with Gasteiger partial charge in [-0.15, -0.1) is 0 Å². The number of carbonyl (C=O) groups excluding carboxylic acids is 1. The van der Waals surface area contributed by atoms with Gasteiger partial charge < -0.3 is 10.2 Å². The van der Waals surface area contributed by atoms with Crippen LogP contribution in [0.1, 0.15) is 74.2 Å². The molecule has 174 valence electrons. The average molecular weight is 439 g/mol. The molecule has 0 aliphatic carbocycles. The molecule has 2 rings (SSSR count). The van der Waals surface area contributed by atoms with Crippen molar-refractivity contribution in [3.05, 3.63) is 64.2 Å². The Bertz CT molecular complexity index is 978. The summed E-state index contributed by atoms with van der Waals surface area (Å²) in [5, 5.41) is 6.31. The summed E-state index contributed by atoms with van der Waals surface area (Å²) >= 11 is 0. The van der Waals surface area contributed by atoms with E-state index in [2.05, 4.69) is 22.0 Å². The van der Waals surface area contributed by atoms with Crippen LogP contribution in [0.2, 0.25) is 0 Å². The van der Waals surface area contributed by atoms with E-state index in [1.54, 1.807) is 12.1 Å². The summed E-state index contributed by atoms with van der Waals surface area (Å²) in [6, 6.07) is 11.7. The number of benzene rings is 2. The highest BCUT2D eigenvalue weighted by Crippen LogP contribution is 2.23. The molecule has 0 radical (unpaired) electrons. The Morgan fingerprint density at radius 2 is 1.56 bits per heavy atom. The van der Waals surface area contributed by atoms with Crippen molar-refractivity contribution >= 4 is 11.7 Å². The molecule has 0 saturated heterocycles. The highest BCUT2D eigenvalue weighted by atomic mass is 16.5. The molecule has 2 aromatic carbocycles. The number of amides is 1. The Morgan fingerprint density at radius 1 is 0.969 bits per heavy atom. The molecular weight excluding hydrogens is 400 g/mol. The van der Waals surface area contributed by atoms with Crippen molar-refractivity contribution in [1.82, 2.24) is 15.9 Å². The predicted molar refractivity (Wildman–Crippen MR) is 132 cm³/mol. The van der Waals surface area contributed by atoms with Gasteiger partial charge in [0.15, 0.2) is 5.84 Å². The van der Waals surface area contributed by atoms with Crippen molar-refractivity contribution < 1.29 is 9.53 Å². The minimum atomic E-state index is -0.510. The van der Waals surface area contributed by atoms with Gasteiger partial charge in [-0.3, -0.25) is 10.2 Å². The topological polar surface area (TPSA) is 66.0 Å². The van der Waals surface area contributed by atoms with E-state index in [0.717, 1.165) is 28.0 Å². The molecule has 0 atom stereocenters. The van der Waals surface area contributed by atoms with Crippen LogP contribution in [-0.4, -0.2) is 34.9 Å². The number of nitrogens with zero attached hydrogens (tertiary/aromatic N) is 2. The monoisotopic (exact) mass is 438 g/mol. The summed E-state index contributed by atoms with van der Waals surface area (Å²) in [4.78, 5) is 13.6. The fourth-order valence-corrected chi connectivity index (χ4v) is 3.32. The molecule has 32 heavy (non-hydrogen) atoms. The zero-order valence-corrected chi connectivity index (χ0v) is 21.2. The molecule has 0 unspecified atom stereocenters. The number of nitrogens with one attached hydrogen (secondary N) is 2. The van der Waals surface area contributed by atoms with Crippen molar-refractivity contribution in [2.75, 3.05) is 7.11 Å². The lowest BCUT2D eigenvalue weighted by atomic mass is 10.0. The Labute approximate surface area is 193 Å². The smallest absolute Gasteiger partial charge is 0.272 e. The molecule has 1 amide bonds. The van der Waals surface area contributed by atoms with Crippen LogP contribution in [0, 0.1) is 20.8 Å². The molecule has 0 spiro atoms. The van der Waals surface area contributed by atoms with E-state index in [1.165, 1.54) is 0 Å². The van der Waals surface area contributed by atoms with Crippen molar-refractivity contribution in [2.45, 2.75) is 73.4 Å². The minimum absolute atomic E-state index is 0.117. The van der Waals surface area contributed by atoms with E-state index < -0.39 is 5.54 Å². The van der Waals surface area contributed by atoms with Crippen molar-refractivity contribution in [3.63, 3.8) is 0 Å². The Kier molecular flexibility index (Phi) is 7.60. The molecular formula is C26H38N4O2. The summed E-state index contributed by atoms with van der Waals surface area (Å²) in [6.45, 7) is 18.1. The second-order valence-electron chi connectivity index (χ2n) is 10.3. The molecule has 0 saturated carbocycles. The maximum absolute atomic E-state index is 13.6. The van der Waals surface area contributed by atoms with Gasteiger partial charge in [-0.25, -0.2) is 5.01 Å². The van der Waals surface area contributed by atoms with Crippen molar-refractivity contribution in [3.8, 4) is 5.75 Å². The van der Waals surface area contributed by atoms with Gasteiger partial charge in [0.2, 0.25) is 0 Å². The maximum Gasteiger partial charge on any atom is 0.272 e. The quantitative estimate of drug-likeness (QED) is 0.395. The summed E-state index contributed by atoms with van der Waals surface area (Å²) in [6.07, 6.45) is 0. The van der Waals surface area contributed by atoms with Gasteiger partial charge in [0, 0.05) is 22.2 Å². The Morgan fingerprint density at radius 3 is 2.06 bits per heavy atom.